The number of hydrogen-bond acceptors (Lipinski definition) is 3. The van der Waals surface area contributed by atoms with Gasteiger partial charge in [-0.25, -0.2) is 0 Å². The summed E-state index contributed by atoms with van der Waals surface area (Å²) in [6.45, 7) is 7.13. The third kappa shape index (κ3) is 4.74. The Bertz CT molecular complexity index is 439. The molecular weight excluding hydrogens is 264 g/mol. The Balaban J connectivity index is 2.10. The molecule has 1 amide bonds. The van der Waals surface area contributed by atoms with E-state index < -0.39 is 0 Å². The molecule has 0 aromatic heterocycles. The Morgan fingerprint density at radius 2 is 1.90 bits per heavy atom. The first-order chi connectivity index (χ1) is 10.2. The fraction of sp³-hybridized carbons (Fsp3) is 0.588. The molecule has 1 aliphatic rings. The molecule has 21 heavy (non-hydrogen) atoms. The zero-order chi connectivity index (χ0) is 15.1. The van der Waals surface area contributed by atoms with Gasteiger partial charge in [-0.3, -0.25) is 9.69 Å². The van der Waals surface area contributed by atoms with Crippen molar-refractivity contribution in [2.45, 2.75) is 39.2 Å². The minimum atomic E-state index is 0.0305. The second kappa shape index (κ2) is 8.03. The summed E-state index contributed by atoms with van der Waals surface area (Å²) in [6.07, 6.45) is 3.80. The highest BCUT2D eigenvalue weighted by molar-refractivity contribution is 5.72. The van der Waals surface area contributed by atoms with Gasteiger partial charge in [-0.15, -0.1) is 0 Å². The van der Waals surface area contributed by atoms with Crippen molar-refractivity contribution in [3.63, 3.8) is 0 Å². The number of likely N-dealkylation sites (tertiary alicyclic amines) is 1. The smallest absolute Gasteiger partial charge is 0.216 e. The van der Waals surface area contributed by atoms with Crippen molar-refractivity contribution in [2.24, 2.45) is 0 Å². The SMILES string of the molecule is CCOc1ccc(C(CNC(C)=O)N2CCCCC2)cc1. The number of piperidine rings is 1. The predicted molar refractivity (Wildman–Crippen MR) is 84.5 cm³/mol. The number of carbonyl (C=O) groups is 1. The first-order valence-electron chi connectivity index (χ1n) is 7.92. The maximum Gasteiger partial charge on any atom is 0.216 e. The number of benzene rings is 1. The number of nitrogens with zero attached hydrogens (tertiary/aromatic N) is 1. The quantitative estimate of drug-likeness (QED) is 0.876. The van der Waals surface area contributed by atoms with Crippen LogP contribution in [-0.4, -0.2) is 37.0 Å². The predicted octanol–water partition coefficient (Wildman–Crippen LogP) is 2.75. The summed E-state index contributed by atoms with van der Waals surface area (Å²) in [6, 6.07) is 8.52. The lowest BCUT2D eigenvalue weighted by Gasteiger charge is -2.35. The lowest BCUT2D eigenvalue weighted by molar-refractivity contribution is -0.119. The van der Waals surface area contributed by atoms with Crippen molar-refractivity contribution in [1.82, 2.24) is 10.2 Å². The van der Waals surface area contributed by atoms with E-state index in [-0.39, 0.29) is 11.9 Å². The van der Waals surface area contributed by atoms with Crippen LogP contribution in [0.1, 0.15) is 44.7 Å². The molecule has 1 heterocycles. The molecule has 4 heteroatoms. The molecule has 1 aliphatic heterocycles. The molecule has 0 saturated carbocycles. The lowest BCUT2D eigenvalue weighted by atomic mass is 10.0. The van der Waals surface area contributed by atoms with Crippen LogP contribution in [0.2, 0.25) is 0 Å². The first kappa shape index (κ1) is 15.8. The molecule has 1 aromatic rings. The summed E-state index contributed by atoms with van der Waals surface area (Å²) in [5.41, 5.74) is 1.24. The van der Waals surface area contributed by atoms with Crippen molar-refractivity contribution in [3.8, 4) is 5.75 Å². The molecule has 0 spiro atoms. The molecule has 1 atom stereocenters. The summed E-state index contributed by atoms with van der Waals surface area (Å²) in [5.74, 6) is 0.932. The molecule has 2 rings (SSSR count). The number of ether oxygens (including phenoxy) is 1. The Kier molecular flexibility index (Phi) is 6.05. The van der Waals surface area contributed by atoms with Gasteiger partial charge in [-0.1, -0.05) is 18.6 Å². The average Bonchev–Trinajstić information content (AvgIpc) is 2.50. The Hall–Kier alpha value is -1.55. The Labute approximate surface area is 127 Å². The van der Waals surface area contributed by atoms with E-state index in [2.05, 4.69) is 22.3 Å². The fourth-order valence-corrected chi connectivity index (χ4v) is 2.88. The van der Waals surface area contributed by atoms with Crippen molar-refractivity contribution in [1.29, 1.82) is 0 Å². The van der Waals surface area contributed by atoms with Crippen molar-refractivity contribution in [3.05, 3.63) is 29.8 Å². The molecule has 1 aromatic carbocycles. The van der Waals surface area contributed by atoms with Gasteiger partial charge in [0.1, 0.15) is 5.75 Å². The van der Waals surface area contributed by atoms with Crippen LogP contribution >= 0.6 is 0 Å². The standard InChI is InChI=1S/C17H26N2O2/c1-3-21-16-9-7-15(8-10-16)17(13-18-14(2)20)19-11-5-4-6-12-19/h7-10,17H,3-6,11-13H2,1-2H3,(H,18,20). The third-order valence-corrected chi connectivity index (χ3v) is 3.95. The topological polar surface area (TPSA) is 41.6 Å². The van der Waals surface area contributed by atoms with E-state index in [9.17, 15) is 4.79 Å². The van der Waals surface area contributed by atoms with Crippen LogP contribution in [0.3, 0.4) is 0 Å². The Morgan fingerprint density at radius 1 is 1.24 bits per heavy atom. The highest BCUT2D eigenvalue weighted by atomic mass is 16.5. The van der Waals surface area contributed by atoms with Crippen molar-refractivity contribution in [2.75, 3.05) is 26.2 Å². The average molecular weight is 290 g/mol. The van der Waals surface area contributed by atoms with E-state index in [0.29, 0.717) is 13.2 Å². The van der Waals surface area contributed by atoms with E-state index in [4.69, 9.17) is 4.74 Å². The summed E-state index contributed by atoms with van der Waals surface area (Å²) in [5, 5.41) is 2.97. The molecule has 1 saturated heterocycles. The van der Waals surface area contributed by atoms with Gasteiger partial charge in [0.25, 0.3) is 0 Å². The minimum absolute atomic E-state index is 0.0305. The highest BCUT2D eigenvalue weighted by Gasteiger charge is 2.22. The van der Waals surface area contributed by atoms with Gasteiger partial charge < -0.3 is 10.1 Å². The molecule has 0 bridgehead atoms. The summed E-state index contributed by atoms with van der Waals surface area (Å²) in [4.78, 5) is 13.7. The largest absolute Gasteiger partial charge is 0.494 e. The number of amides is 1. The molecular formula is C17H26N2O2. The van der Waals surface area contributed by atoms with E-state index >= 15 is 0 Å². The maximum absolute atomic E-state index is 11.3. The summed E-state index contributed by atoms with van der Waals surface area (Å²) in [7, 11) is 0. The second-order valence-corrected chi connectivity index (χ2v) is 5.55. The van der Waals surface area contributed by atoms with E-state index in [1.54, 1.807) is 6.92 Å². The van der Waals surface area contributed by atoms with Crippen LogP contribution in [0.25, 0.3) is 0 Å². The molecule has 1 fully saturated rings. The lowest BCUT2D eigenvalue weighted by Crippen LogP contribution is -2.40. The van der Waals surface area contributed by atoms with Crippen molar-refractivity contribution < 1.29 is 9.53 Å². The monoisotopic (exact) mass is 290 g/mol. The first-order valence-corrected chi connectivity index (χ1v) is 7.92. The van der Waals surface area contributed by atoms with Crippen LogP contribution in [0.15, 0.2) is 24.3 Å². The minimum Gasteiger partial charge on any atom is -0.494 e. The molecule has 4 nitrogen and oxygen atoms in total. The van der Waals surface area contributed by atoms with Gasteiger partial charge in [0, 0.05) is 13.5 Å². The molecule has 0 aliphatic carbocycles. The second-order valence-electron chi connectivity index (χ2n) is 5.55. The third-order valence-electron chi connectivity index (χ3n) is 3.95. The normalized spacial score (nSPS) is 17.2. The molecule has 0 radical (unpaired) electrons. The van der Waals surface area contributed by atoms with Gasteiger partial charge in [0.15, 0.2) is 0 Å². The van der Waals surface area contributed by atoms with Gasteiger partial charge >= 0.3 is 0 Å². The van der Waals surface area contributed by atoms with Gasteiger partial charge in [0.05, 0.1) is 12.6 Å². The van der Waals surface area contributed by atoms with Gasteiger partial charge in [-0.2, -0.15) is 0 Å². The molecule has 1 unspecified atom stereocenters. The van der Waals surface area contributed by atoms with Crippen LogP contribution in [0, 0.1) is 0 Å². The molecule has 1 N–H and O–H groups in total. The number of nitrogens with one attached hydrogen (secondary N) is 1. The van der Waals surface area contributed by atoms with Crippen LogP contribution in [0.4, 0.5) is 0 Å². The van der Waals surface area contributed by atoms with E-state index in [1.165, 1.54) is 24.8 Å². The summed E-state index contributed by atoms with van der Waals surface area (Å²) < 4.78 is 5.50. The maximum atomic E-state index is 11.3. The number of rotatable bonds is 6. The Morgan fingerprint density at radius 3 is 2.48 bits per heavy atom. The van der Waals surface area contributed by atoms with Crippen LogP contribution < -0.4 is 10.1 Å². The zero-order valence-electron chi connectivity index (χ0n) is 13.1. The number of carbonyl (C=O) groups excluding carboxylic acids is 1. The van der Waals surface area contributed by atoms with Crippen LogP contribution in [-0.2, 0) is 4.79 Å². The van der Waals surface area contributed by atoms with Crippen LogP contribution in [0.5, 0.6) is 5.75 Å². The van der Waals surface area contributed by atoms with E-state index in [1.807, 2.05) is 19.1 Å². The van der Waals surface area contributed by atoms with Crippen molar-refractivity contribution >= 4 is 5.91 Å². The summed E-state index contributed by atoms with van der Waals surface area (Å²) >= 11 is 0. The van der Waals surface area contributed by atoms with Gasteiger partial charge in [-0.05, 0) is 50.6 Å². The van der Waals surface area contributed by atoms with E-state index in [0.717, 1.165) is 18.8 Å². The fourth-order valence-electron chi connectivity index (χ4n) is 2.88. The zero-order valence-corrected chi connectivity index (χ0v) is 13.1. The highest BCUT2D eigenvalue weighted by Crippen LogP contribution is 2.25. The molecule has 116 valence electrons. The number of hydrogen-bond donors (Lipinski definition) is 1. The van der Waals surface area contributed by atoms with Gasteiger partial charge in [0.2, 0.25) is 5.91 Å².